The Bertz CT molecular complexity index is 390. The lowest BCUT2D eigenvalue weighted by molar-refractivity contribution is -0.156. The summed E-state index contributed by atoms with van der Waals surface area (Å²) in [5.41, 5.74) is 0.561. The van der Waals surface area contributed by atoms with Gasteiger partial charge in [0.25, 0.3) is 0 Å². The monoisotopic (exact) mass is 293 g/mol. The fourth-order valence-corrected chi connectivity index (χ4v) is 1.74. The van der Waals surface area contributed by atoms with Gasteiger partial charge in [-0.05, 0) is 17.9 Å². The summed E-state index contributed by atoms with van der Waals surface area (Å²) in [6.45, 7) is 5.00. The third-order valence-corrected chi connectivity index (χ3v) is 2.68. The van der Waals surface area contributed by atoms with Gasteiger partial charge in [-0.15, -0.1) is 0 Å². The van der Waals surface area contributed by atoms with Crippen molar-refractivity contribution in [3.05, 3.63) is 18.0 Å². The van der Waals surface area contributed by atoms with Gasteiger partial charge in [-0.25, -0.2) is 0 Å². The van der Waals surface area contributed by atoms with E-state index in [0.717, 1.165) is 0 Å². The lowest BCUT2D eigenvalue weighted by Crippen LogP contribution is -2.45. The van der Waals surface area contributed by atoms with Crippen LogP contribution in [-0.2, 0) is 18.2 Å². The SMILES string of the molecule is CC(C)COCCN[C@@H](Cc1cnn(C)c1)C(F)(F)F. The summed E-state index contributed by atoms with van der Waals surface area (Å²) in [6, 6.07) is -1.57. The molecule has 0 aromatic carbocycles. The van der Waals surface area contributed by atoms with Gasteiger partial charge in [0.15, 0.2) is 0 Å². The maximum Gasteiger partial charge on any atom is 0.404 e. The lowest BCUT2D eigenvalue weighted by Gasteiger charge is -2.21. The molecule has 0 fully saturated rings. The van der Waals surface area contributed by atoms with Crippen molar-refractivity contribution >= 4 is 0 Å². The molecule has 1 N–H and O–H groups in total. The molecule has 0 aliphatic heterocycles. The number of alkyl halides is 3. The summed E-state index contributed by atoms with van der Waals surface area (Å²) < 4.78 is 45.5. The van der Waals surface area contributed by atoms with Crippen LogP contribution in [0.3, 0.4) is 0 Å². The molecule has 116 valence electrons. The van der Waals surface area contributed by atoms with E-state index in [1.165, 1.54) is 10.9 Å². The molecular formula is C13H22F3N3O. The first-order chi connectivity index (χ1) is 9.29. The molecule has 0 radical (unpaired) electrons. The van der Waals surface area contributed by atoms with E-state index in [1.54, 1.807) is 13.2 Å². The van der Waals surface area contributed by atoms with Crippen molar-refractivity contribution in [2.75, 3.05) is 19.8 Å². The number of aromatic nitrogens is 2. The molecule has 1 atom stereocenters. The van der Waals surface area contributed by atoms with Crippen molar-refractivity contribution in [2.45, 2.75) is 32.5 Å². The van der Waals surface area contributed by atoms with Crippen LogP contribution in [0.5, 0.6) is 0 Å². The summed E-state index contributed by atoms with van der Waals surface area (Å²) >= 11 is 0. The first-order valence-corrected chi connectivity index (χ1v) is 6.64. The van der Waals surface area contributed by atoms with Crippen LogP contribution in [0.1, 0.15) is 19.4 Å². The van der Waals surface area contributed by atoms with Crippen molar-refractivity contribution in [2.24, 2.45) is 13.0 Å². The highest BCUT2D eigenvalue weighted by Gasteiger charge is 2.39. The van der Waals surface area contributed by atoms with E-state index in [-0.39, 0.29) is 19.6 Å². The van der Waals surface area contributed by atoms with Crippen LogP contribution >= 0.6 is 0 Å². The number of rotatable bonds is 8. The molecule has 4 nitrogen and oxygen atoms in total. The minimum Gasteiger partial charge on any atom is -0.380 e. The maximum absolute atomic E-state index is 12.9. The average molecular weight is 293 g/mol. The molecule has 0 amide bonds. The molecule has 20 heavy (non-hydrogen) atoms. The van der Waals surface area contributed by atoms with Gasteiger partial charge in [-0.1, -0.05) is 13.8 Å². The molecule has 1 heterocycles. The number of hydrogen-bond donors (Lipinski definition) is 1. The highest BCUT2D eigenvalue weighted by atomic mass is 19.4. The molecule has 0 bridgehead atoms. The molecule has 0 unspecified atom stereocenters. The molecule has 0 aliphatic carbocycles. The summed E-state index contributed by atoms with van der Waals surface area (Å²) in [7, 11) is 1.68. The zero-order valence-corrected chi connectivity index (χ0v) is 12.1. The molecule has 0 spiro atoms. The van der Waals surface area contributed by atoms with Crippen molar-refractivity contribution < 1.29 is 17.9 Å². The molecule has 7 heteroatoms. The summed E-state index contributed by atoms with van der Waals surface area (Å²) in [4.78, 5) is 0. The van der Waals surface area contributed by atoms with Gasteiger partial charge in [0.2, 0.25) is 0 Å². The first-order valence-electron chi connectivity index (χ1n) is 6.64. The smallest absolute Gasteiger partial charge is 0.380 e. The highest BCUT2D eigenvalue weighted by molar-refractivity contribution is 5.07. The van der Waals surface area contributed by atoms with Gasteiger partial charge in [0.05, 0.1) is 12.8 Å². The fourth-order valence-electron chi connectivity index (χ4n) is 1.74. The van der Waals surface area contributed by atoms with E-state index in [1.807, 2.05) is 13.8 Å². The zero-order chi connectivity index (χ0) is 15.2. The van der Waals surface area contributed by atoms with Gasteiger partial charge in [0.1, 0.15) is 6.04 Å². The Hall–Kier alpha value is -1.08. The number of aryl methyl sites for hydroxylation is 1. The number of nitrogens with one attached hydrogen (secondary N) is 1. The number of halogens is 3. The Morgan fingerprint density at radius 3 is 2.60 bits per heavy atom. The minimum absolute atomic E-state index is 0.123. The Morgan fingerprint density at radius 1 is 1.40 bits per heavy atom. The Kier molecular flexibility index (Phi) is 6.48. The topological polar surface area (TPSA) is 39.1 Å². The molecule has 1 rings (SSSR count). The Morgan fingerprint density at radius 2 is 2.10 bits per heavy atom. The van der Waals surface area contributed by atoms with Gasteiger partial charge in [-0.2, -0.15) is 18.3 Å². The van der Waals surface area contributed by atoms with Crippen LogP contribution in [0.4, 0.5) is 13.2 Å². The van der Waals surface area contributed by atoms with E-state index < -0.39 is 12.2 Å². The quantitative estimate of drug-likeness (QED) is 0.747. The summed E-state index contributed by atoms with van der Waals surface area (Å²) in [5.74, 6) is 0.379. The molecule has 1 aromatic rings. The second kappa shape index (κ2) is 7.64. The van der Waals surface area contributed by atoms with Gasteiger partial charge >= 0.3 is 6.18 Å². The van der Waals surface area contributed by atoms with Crippen molar-refractivity contribution in [1.82, 2.24) is 15.1 Å². The maximum atomic E-state index is 12.9. The van der Waals surface area contributed by atoms with Crippen LogP contribution in [0.15, 0.2) is 12.4 Å². The molecule has 0 aliphatic rings. The molecule has 0 saturated carbocycles. The molecule has 0 saturated heterocycles. The van der Waals surface area contributed by atoms with Gasteiger partial charge in [0, 0.05) is 26.4 Å². The van der Waals surface area contributed by atoms with E-state index in [0.29, 0.717) is 18.1 Å². The first kappa shape index (κ1) is 17.0. The van der Waals surface area contributed by atoms with Gasteiger partial charge < -0.3 is 10.1 Å². The molecule has 1 aromatic heterocycles. The number of hydrogen-bond acceptors (Lipinski definition) is 3. The van der Waals surface area contributed by atoms with Crippen molar-refractivity contribution in [3.8, 4) is 0 Å². The minimum atomic E-state index is -4.28. The lowest BCUT2D eigenvalue weighted by atomic mass is 10.1. The fraction of sp³-hybridized carbons (Fsp3) is 0.769. The van der Waals surface area contributed by atoms with E-state index in [2.05, 4.69) is 10.4 Å². The van der Waals surface area contributed by atoms with Crippen LogP contribution in [0, 0.1) is 5.92 Å². The Labute approximate surface area is 117 Å². The van der Waals surface area contributed by atoms with Crippen LogP contribution in [-0.4, -0.2) is 41.8 Å². The van der Waals surface area contributed by atoms with Crippen LogP contribution in [0.2, 0.25) is 0 Å². The standard InChI is InChI=1S/C13H22F3N3O/c1-10(2)9-20-5-4-17-12(13(14,15)16)6-11-7-18-19(3)8-11/h7-8,10,12,17H,4-6,9H2,1-3H3/t12-/m0/s1. The van der Waals surface area contributed by atoms with E-state index >= 15 is 0 Å². The summed E-state index contributed by atoms with van der Waals surface area (Å²) in [5, 5.41) is 6.38. The van der Waals surface area contributed by atoms with E-state index in [9.17, 15) is 13.2 Å². The van der Waals surface area contributed by atoms with Gasteiger partial charge in [-0.3, -0.25) is 4.68 Å². The Balaban J connectivity index is 2.41. The number of ether oxygens (including phenoxy) is 1. The zero-order valence-electron chi connectivity index (χ0n) is 12.1. The number of nitrogens with zero attached hydrogens (tertiary/aromatic N) is 2. The molecular weight excluding hydrogens is 271 g/mol. The third-order valence-electron chi connectivity index (χ3n) is 2.68. The predicted octanol–water partition coefficient (Wildman–Crippen LogP) is 2.16. The second-order valence-electron chi connectivity index (χ2n) is 5.24. The predicted molar refractivity (Wildman–Crippen MR) is 70.4 cm³/mol. The van der Waals surface area contributed by atoms with Crippen molar-refractivity contribution in [1.29, 1.82) is 0 Å². The average Bonchev–Trinajstić information content (AvgIpc) is 2.71. The second-order valence-corrected chi connectivity index (χ2v) is 5.24. The highest BCUT2D eigenvalue weighted by Crippen LogP contribution is 2.23. The van der Waals surface area contributed by atoms with E-state index in [4.69, 9.17) is 4.74 Å². The van der Waals surface area contributed by atoms with Crippen molar-refractivity contribution in [3.63, 3.8) is 0 Å². The summed E-state index contributed by atoms with van der Waals surface area (Å²) in [6.07, 6.45) is -1.36. The normalized spacial score (nSPS) is 13.9. The largest absolute Gasteiger partial charge is 0.404 e. The van der Waals surface area contributed by atoms with Crippen LogP contribution in [0.25, 0.3) is 0 Å². The van der Waals surface area contributed by atoms with Crippen LogP contribution < -0.4 is 5.32 Å². The third kappa shape index (κ3) is 6.38.